The predicted octanol–water partition coefficient (Wildman–Crippen LogP) is 3.25. The molecule has 2 rings (SSSR count). The molecule has 8 heteroatoms. The molecule has 1 aromatic carbocycles. The third-order valence-electron chi connectivity index (χ3n) is 2.44. The van der Waals surface area contributed by atoms with Crippen LogP contribution in [0.4, 0.5) is 13.2 Å². The van der Waals surface area contributed by atoms with Crippen molar-refractivity contribution in [2.24, 2.45) is 0 Å². The highest BCUT2D eigenvalue weighted by Gasteiger charge is 2.33. The summed E-state index contributed by atoms with van der Waals surface area (Å²) in [6, 6.07) is 5.11. The molecule has 0 bridgehead atoms. The fourth-order valence-corrected chi connectivity index (χ4v) is 1.68. The first-order chi connectivity index (χ1) is 9.29. The van der Waals surface area contributed by atoms with Crippen molar-refractivity contribution in [2.75, 3.05) is 0 Å². The van der Waals surface area contributed by atoms with Crippen molar-refractivity contribution in [1.29, 1.82) is 0 Å². The summed E-state index contributed by atoms with van der Waals surface area (Å²) in [6.45, 7) is 1.35. The Morgan fingerprint density at radius 3 is 2.60 bits per heavy atom. The fourth-order valence-electron chi connectivity index (χ4n) is 1.68. The maximum atomic E-state index is 12.3. The number of carbonyl (C=O) groups is 1. The Bertz CT molecular complexity index is 648. The maximum absolute atomic E-state index is 12.3. The number of aromatic carboxylic acids is 1. The van der Waals surface area contributed by atoms with E-state index in [-0.39, 0.29) is 22.6 Å². The van der Waals surface area contributed by atoms with Gasteiger partial charge in [-0.15, -0.1) is 13.2 Å². The summed E-state index contributed by atoms with van der Waals surface area (Å²) in [5, 5.41) is 12.6. The van der Waals surface area contributed by atoms with Crippen molar-refractivity contribution in [3.8, 4) is 17.0 Å². The lowest BCUT2D eigenvalue weighted by Crippen LogP contribution is -2.17. The van der Waals surface area contributed by atoms with Gasteiger partial charge in [-0.1, -0.05) is 17.3 Å². The molecule has 0 saturated carbocycles. The van der Waals surface area contributed by atoms with Gasteiger partial charge in [-0.25, -0.2) is 4.79 Å². The van der Waals surface area contributed by atoms with Crippen molar-refractivity contribution >= 4 is 5.97 Å². The summed E-state index contributed by atoms with van der Waals surface area (Å²) < 4.78 is 45.5. The Morgan fingerprint density at radius 2 is 2.00 bits per heavy atom. The van der Waals surface area contributed by atoms with Gasteiger partial charge in [-0.05, 0) is 19.1 Å². The average molecular weight is 287 g/mol. The molecular formula is C12H8F3NO4. The van der Waals surface area contributed by atoms with Crippen LogP contribution < -0.4 is 4.74 Å². The Labute approximate surface area is 110 Å². The zero-order chi connectivity index (χ0) is 14.9. The van der Waals surface area contributed by atoms with Gasteiger partial charge in [0, 0.05) is 5.56 Å². The molecule has 20 heavy (non-hydrogen) atoms. The quantitative estimate of drug-likeness (QED) is 0.938. The summed E-state index contributed by atoms with van der Waals surface area (Å²) in [5.74, 6) is -1.90. The third-order valence-corrected chi connectivity index (χ3v) is 2.44. The molecular weight excluding hydrogens is 279 g/mol. The van der Waals surface area contributed by atoms with Gasteiger partial charge in [0.25, 0.3) is 0 Å². The number of halogens is 3. The van der Waals surface area contributed by atoms with E-state index >= 15 is 0 Å². The minimum Gasteiger partial charge on any atom is -0.477 e. The van der Waals surface area contributed by atoms with Crippen LogP contribution in [0.3, 0.4) is 0 Å². The number of aryl methyl sites for hydroxylation is 1. The number of hydrogen-bond acceptors (Lipinski definition) is 4. The first-order valence-electron chi connectivity index (χ1n) is 5.34. The molecule has 0 spiro atoms. The van der Waals surface area contributed by atoms with E-state index in [1.165, 1.54) is 25.1 Å². The van der Waals surface area contributed by atoms with Crippen molar-refractivity contribution in [3.05, 3.63) is 35.6 Å². The number of carboxylic acid groups (broad SMARTS) is 1. The number of para-hydroxylation sites is 1. The molecule has 106 valence electrons. The van der Waals surface area contributed by atoms with Crippen LogP contribution in [0.15, 0.2) is 28.8 Å². The van der Waals surface area contributed by atoms with Gasteiger partial charge in [0.15, 0.2) is 0 Å². The summed E-state index contributed by atoms with van der Waals surface area (Å²) in [6.07, 6.45) is -4.89. The number of alkyl halides is 3. The smallest absolute Gasteiger partial charge is 0.477 e. The van der Waals surface area contributed by atoms with Crippen LogP contribution in [-0.2, 0) is 0 Å². The van der Waals surface area contributed by atoms with Crippen molar-refractivity contribution in [3.63, 3.8) is 0 Å². The number of ether oxygens (including phenoxy) is 1. The third kappa shape index (κ3) is 2.73. The number of benzene rings is 1. The molecule has 1 heterocycles. The van der Waals surface area contributed by atoms with E-state index in [2.05, 4.69) is 9.89 Å². The number of hydrogen-bond donors (Lipinski definition) is 1. The molecule has 0 radical (unpaired) electrons. The molecule has 0 aliphatic heterocycles. The van der Waals surface area contributed by atoms with E-state index in [0.29, 0.717) is 0 Å². The standard InChI is InChI=1S/C12H8F3NO4/c1-6-9(11(17)18)10(16-20-6)7-4-2-3-5-8(7)19-12(13,14)15/h2-5H,1H3,(H,17,18). The second-order valence-electron chi connectivity index (χ2n) is 3.81. The van der Waals surface area contributed by atoms with Crippen LogP contribution in [0.2, 0.25) is 0 Å². The van der Waals surface area contributed by atoms with Crippen LogP contribution in [0, 0.1) is 6.92 Å². The van der Waals surface area contributed by atoms with E-state index in [4.69, 9.17) is 9.63 Å². The van der Waals surface area contributed by atoms with E-state index in [9.17, 15) is 18.0 Å². The van der Waals surface area contributed by atoms with Crippen LogP contribution in [0.1, 0.15) is 16.1 Å². The molecule has 1 aromatic heterocycles. The molecule has 2 aromatic rings. The first-order valence-corrected chi connectivity index (χ1v) is 5.34. The van der Waals surface area contributed by atoms with Crippen LogP contribution >= 0.6 is 0 Å². The highest BCUT2D eigenvalue weighted by molar-refractivity contribution is 5.96. The number of nitrogens with zero attached hydrogens (tertiary/aromatic N) is 1. The molecule has 0 atom stereocenters. The fraction of sp³-hybridized carbons (Fsp3) is 0.167. The second kappa shape index (κ2) is 4.87. The van der Waals surface area contributed by atoms with Crippen molar-refractivity contribution < 1.29 is 32.3 Å². The van der Waals surface area contributed by atoms with Gasteiger partial charge in [0.2, 0.25) is 0 Å². The van der Waals surface area contributed by atoms with Gasteiger partial charge in [0.1, 0.15) is 22.8 Å². The average Bonchev–Trinajstić information content (AvgIpc) is 2.69. The van der Waals surface area contributed by atoms with E-state index < -0.39 is 18.1 Å². The van der Waals surface area contributed by atoms with Crippen LogP contribution in [0.25, 0.3) is 11.3 Å². The van der Waals surface area contributed by atoms with Gasteiger partial charge < -0.3 is 14.4 Å². The second-order valence-corrected chi connectivity index (χ2v) is 3.81. The first kappa shape index (κ1) is 13.9. The SMILES string of the molecule is Cc1onc(-c2ccccc2OC(F)(F)F)c1C(=O)O. The summed E-state index contributed by atoms with van der Waals surface area (Å²) >= 11 is 0. The normalized spacial score (nSPS) is 11.4. The molecule has 5 nitrogen and oxygen atoms in total. The highest BCUT2D eigenvalue weighted by atomic mass is 19.4. The monoisotopic (exact) mass is 287 g/mol. The van der Waals surface area contributed by atoms with Crippen molar-refractivity contribution in [1.82, 2.24) is 5.16 Å². The minimum atomic E-state index is -4.89. The van der Waals surface area contributed by atoms with Gasteiger partial charge in [-0.3, -0.25) is 0 Å². The van der Waals surface area contributed by atoms with Gasteiger partial charge in [0.05, 0.1) is 0 Å². The molecule has 0 aliphatic rings. The zero-order valence-electron chi connectivity index (χ0n) is 10.1. The Kier molecular flexibility index (Phi) is 3.39. The lowest BCUT2D eigenvalue weighted by atomic mass is 10.1. The minimum absolute atomic E-state index is 0.00527. The van der Waals surface area contributed by atoms with Crippen LogP contribution in [0.5, 0.6) is 5.75 Å². The number of rotatable bonds is 3. The maximum Gasteiger partial charge on any atom is 0.573 e. The van der Waals surface area contributed by atoms with Crippen molar-refractivity contribution in [2.45, 2.75) is 13.3 Å². The molecule has 0 amide bonds. The largest absolute Gasteiger partial charge is 0.573 e. The highest BCUT2D eigenvalue weighted by Crippen LogP contribution is 2.35. The lowest BCUT2D eigenvalue weighted by Gasteiger charge is -2.11. The molecule has 0 saturated heterocycles. The van der Waals surface area contributed by atoms with E-state index in [1.54, 1.807) is 0 Å². The summed E-state index contributed by atoms with van der Waals surface area (Å²) in [5.41, 5.74) is -0.628. The topological polar surface area (TPSA) is 72.6 Å². The van der Waals surface area contributed by atoms with Gasteiger partial charge >= 0.3 is 12.3 Å². The van der Waals surface area contributed by atoms with Crippen LogP contribution in [-0.4, -0.2) is 22.6 Å². The number of aromatic nitrogens is 1. The van der Waals surface area contributed by atoms with E-state index in [1.807, 2.05) is 0 Å². The molecule has 0 fully saturated rings. The van der Waals surface area contributed by atoms with E-state index in [0.717, 1.165) is 6.07 Å². The summed E-state index contributed by atoms with van der Waals surface area (Å²) in [7, 11) is 0. The Morgan fingerprint density at radius 1 is 1.35 bits per heavy atom. The lowest BCUT2D eigenvalue weighted by molar-refractivity contribution is -0.274. The Balaban J connectivity index is 2.57. The molecule has 1 N–H and O–H groups in total. The summed E-state index contributed by atoms with van der Waals surface area (Å²) in [4.78, 5) is 11.1. The Hall–Kier alpha value is -2.51. The molecule has 0 unspecified atom stereocenters. The predicted molar refractivity (Wildman–Crippen MR) is 60.3 cm³/mol. The number of carboxylic acids is 1. The molecule has 0 aliphatic carbocycles. The van der Waals surface area contributed by atoms with Gasteiger partial charge in [-0.2, -0.15) is 0 Å². The zero-order valence-corrected chi connectivity index (χ0v) is 10.1.